The predicted octanol–water partition coefficient (Wildman–Crippen LogP) is 11.0. The van der Waals surface area contributed by atoms with E-state index in [1.54, 1.807) is 6.07 Å². The van der Waals surface area contributed by atoms with Crippen molar-refractivity contribution in [2.24, 2.45) is 11.5 Å². The Balaban J connectivity index is 0.000000171. The normalized spacial score (nSPS) is 19.8. The van der Waals surface area contributed by atoms with E-state index in [0.29, 0.717) is 37.1 Å². The van der Waals surface area contributed by atoms with Crippen molar-refractivity contribution in [2.45, 2.75) is 99.8 Å². The largest absolute Gasteiger partial charge is 0.481 e. The van der Waals surface area contributed by atoms with E-state index in [0.717, 1.165) is 76.2 Å². The highest BCUT2D eigenvalue weighted by atomic mass is 33.1. The first-order valence-electron chi connectivity index (χ1n) is 20.8. The van der Waals surface area contributed by atoms with Crippen LogP contribution in [0.4, 0.5) is 32.3 Å². The van der Waals surface area contributed by atoms with Crippen LogP contribution in [-0.2, 0) is 27.2 Å². The minimum absolute atomic E-state index is 0.187. The van der Waals surface area contributed by atoms with Crippen LogP contribution in [0.25, 0.3) is 0 Å². The number of ether oxygens (including phenoxy) is 1. The summed E-state index contributed by atoms with van der Waals surface area (Å²) in [6.07, 6.45) is 9.42. The smallest absolute Gasteiger partial charge is 0.323 e. The first-order chi connectivity index (χ1) is 29.6. The number of fused-ring (bicyclic) bond motifs is 4. The number of nitrogens with two attached hydrogens (primary N) is 2. The van der Waals surface area contributed by atoms with E-state index in [9.17, 15) is 24.3 Å². The van der Waals surface area contributed by atoms with Gasteiger partial charge in [-0.1, -0.05) is 129 Å². The zero-order valence-corrected chi connectivity index (χ0v) is 37.3. The number of carbonyl (C=O) groups is 4. The molecule has 4 aliphatic rings. The molecule has 0 aromatic heterocycles. The van der Waals surface area contributed by atoms with Gasteiger partial charge in [-0.05, 0) is 73.9 Å². The number of para-hydroxylation sites is 4. The summed E-state index contributed by atoms with van der Waals surface area (Å²) >= 11 is 0. The molecule has 0 saturated carbocycles. The molecule has 4 aromatic rings. The molecule has 2 saturated heterocycles. The van der Waals surface area contributed by atoms with Gasteiger partial charge in [0, 0.05) is 58.8 Å². The fourth-order valence-electron chi connectivity index (χ4n) is 7.84. The van der Waals surface area contributed by atoms with Gasteiger partial charge in [-0.25, -0.2) is 9.59 Å². The third-order valence-electron chi connectivity index (χ3n) is 10.8. The number of aliphatic hydroxyl groups is 1. The number of nitrogens with zero attached hydrogens (tertiary/aromatic N) is 2. The van der Waals surface area contributed by atoms with Crippen molar-refractivity contribution in [3.05, 3.63) is 119 Å². The van der Waals surface area contributed by atoms with E-state index in [1.807, 2.05) is 134 Å². The number of benzene rings is 4. The van der Waals surface area contributed by atoms with Gasteiger partial charge in [0.25, 0.3) is 0 Å². The topological polar surface area (TPSA) is 176 Å². The Hall–Kier alpha value is -4.28. The van der Waals surface area contributed by atoms with Crippen LogP contribution in [0.3, 0.4) is 0 Å². The molecule has 11 nitrogen and oxygen atoms in total. The second kappa shape index (κ2) is 23.2. The third kappa shape index (κ3) is 12.9. The Labute approximate surface area is 373 Å². The molecule has 15 heteroatoms. The molecule has 0 spiro atoms. The summed E-state index contributed by atoms with van der Waals surface area (Å²) in [6, 6.07) is 28.8. The van der Waals surface area contributed by atoms with E-state index in [-0.39, 0.29) is 5.97 Å². The van der Waals surface area contributed by atoms with Gasteiger partial charge in [-0.2, -0.15) is 0 Å². The first kappa shape index (κ1) is 46.2. The summed E-state index contributed by atoms with van der Waals surface area (Å²) in [7, 11) is 7.85. The number of amides is 4. The maximum atomic E-state index is 12.6. The van der Waals surface area contributed by atoms with Gasteiger partial charge in [0.1, 0.15) is 6.10 Å². The molecule has 6 N–H and O–H groups in total. The molecule has 4 aromatic carbocycles. The van der Waals surface area contributed by atoms with E-state index >= 15 is 0 Å². The molecule has 61 heavy (non-hydrogen) atoms. The van der Waals surface area contributed by atoms with Crippen molar-refractivity contribution in [3.63, 3.8) is 0 Å². The summed E-state index contributed by atoms with van der Waals surface area (Å²) in [5.74, 6) is 1.66. The fraction of sp³-hybridized carbons (Fsp3) is 0.391. The highest BCUT2D eigenvalue weighted by molar-refractivity contribution is 8.77. The molecule has 0 aliphatic carbocycles. The minimum atomic E-state index is -0.663. The predicted molar refractivity (Wildman–Crippen MR) is 252 cm³/mol. The summed E-state index contributed by atoms with van der Waals surface area (Å²) < 4.78 is 5.93. The SMILES string of the molecule is NC(=O)N1c2ccccc2C[C@H](O)c2ccccc21.NC(=O)N1c2ccccc2C[C@H](OC(=O)CCCC[C@H]2CCSS2)c2ccccc21.O=C(O)CCCC[C@@H]1CCSS1. The van der Waals surface area contributed by atoms with Crippen molar-refractivity contribution >= 4 is 89.9 Å². The maximum absolute atomic E-state index is 12.6. The summed E-state index contributed by atoms with van der Waals surface area (Å²) in [6.45, 7) is 0. The van der Waals surface area contributed by atoms with Crippen LogP contribution in [0.5, 0.6) is 0 Å². The molecule has 324 valence electrons. The number of aliphatic carboxylic acids is 1. The first-order valence-corrected chi connectivity index (χ1v) is 25.6. The Morgan fingerprint density at radius 1 is 0.607 bits per heavy atom. The number of esters is 1. The number of anilines is 4. The van der Waals surface area contributed by atoms with Gasteiger partial charge in [-0.3, -0.25) is 19.4 Å². The highest BCUT2D eigenvalue weighted by Gasteiger charge is 2.32. The number of carbonyl (C=O) groups excluding carboxylic acids is 3. The van der Waals surface area contributed by atoms with Gasteiger partial charge >= 0.3 is 24.0 Å². The number of carboxylic acids is 1. The zero-order chi connectivity index (χ0) is 43.1. The summed E-state index contributed by atoms with van der Waals surface area (Å²) in [4.78, 5) is 49.9. The lowest BCUT2D eigenvalue weighted by atomic mass is 10.0. The molecule has 0 bridgehead atoms. The Bertz CT molecular complexity index is 2110. The van der Waals surface area contributed by atoms with E-state index in [1.165, 1.54) is 40.6 Å². The number of rotatable bonds is 11. The molecule has 4 amide bonds. The van der Waals surface area contributed by atoms with E-state index in [4.69, 9.17) is 21.3 Å². The van der Waals surface area contributed by atoms with Crippen LogP contribution in [0.15, 0.2) is 97.1 Å². The van der Waals surface area contributed by atoms with Crippen LogP contribution < -0.4 is 21.3 Å². The van der Waals surface area contributed by atoms with E-state index < -0.39 is 30.2 Å². The van der Waals surface area contributed by atoms with Gasteiger partial charge < -0.3 is 26.4 Å². The molecular weight excluding hydrogens is 849 g/mol. The van der Waals surface area contributed by atoms with Crippen molar-refractivity contribution in [1.29, 1.82) is 0 Å². The van der Waals surface area contributed by atoms with Crippen molar-refractivity contribution < 1.29 is 34.1 Å². The molecule has 0 radical (unpaired) electrons. The number of hydrogen-bond acceptors (Lipinski definition) is 10. The lowest BCUT2D eigenvalue weighted by Gasteiger charge is -2.23. The second-order valence-electron chi connectivity index (χ2n) is 15.2. The fourth-order valence-corrected chi connectivity index (χ4v) is 13.9. The highest BCUT2D eigenvalue weighted by Crippen LogP contribution is 2.43. The molecule has 4 heterocycles. The van der Waals surface area contributed by atoms with Crippen molar-refractivity contribution in [3.8, 4) is 0 Å². The standard InChI is InChI=1S/C23H26N2O3S2.C15H14N2O2.C8H14O2S2/c24-23(27)25-19-10-4-1-7-16(19)15-21(18-9-3-5-11-20(18)25)28-22(26)12-6-2-8-17-13-14-29-30-17;16-15(19)17-12-7-3-1-5-10(12)9-14(18)11-6-2-4-8-13(11)17;9-8(10)4-2-1-3-7-5-6-11-12-7/h1,3-5,7,9-11,17,21H,2,6,8,12-15H2,(H2,24,27);1-8,14,18H,9H2,(H2,16,19);7H,1-6H2,(H,9,10)/t17-,21-;14-;7-/m001/s1. The van der Waals surface area contributed by atoms with Crippen molar-refractivity contribution in [2.75, 3.05) is 21.3 Å². The Morgan fingerprint density at radius 2 is 1.07 bits per heavy atom. The van der Waals surface area contributed by atoms with Crippen LogP contribution in [-0.4, -0.2) is 56.2 Å². The molecule has 4 aliphatic heterocycles. The maximum Gasteiger partial charge on any atom is 0.323 e. The zero-order valence-electron chi connectivity index (χ0n) is 34.1. The van der Waals surface area contributed by atoms with Gasteiger partial charge in [0.15, 0.2) is 0 Å². The van der Waals surface area contributed by atoms with Gasteiger partial charge in [-0.15, -0.1) is 0 Å². The lowest BCUT2D eigenvalue weighted by molar-refractivity contribution is -0.149. The number of unbranched alkanes of at least 4 members (excludes halogenated alkanes) is 2. The van der Waals surface area contributed by atoms with E-state index in [2.05, 4.69) is 0 Å². The number of aliphatic hydroxyl groups excluding tert-OH is 1. The van der Waals surface area contributed by atoms with Crippen LogP contribution in [0.1, 0.15) is 98.7 Å². The molecular formula is C46H54N4O7S4. The monoisotopic (exact) mass is 902 g/mol. The van der Waals surface area contributed by atoms with Crippen LogP contribution in [0, 0.1) is 0 Å². The lowest BCUT2D eigenvalue weighted by Crippen LogP contribution is -2.32. The second-order valence-corrected chi connectivity index (χ2v) is 20.7. The molecule has 4 atom stereocenters. The van der Waals surface area contributed by atoms with Gasteiger partial charge in [0.2, 0.25) is 0 Å². The van der Waals surface area contributed by atoms with Gasteiger partial charge in [0.05, 0.1) is 28.9 Å². The summed E-state index contributed by atoms with van der Waals surface area (Å²) in [5.41, 5.74) is 17.4. The number of primary amides is 2. The number of urea groups is 2. The molecule has 2 fully saturated rings. The van der Waals surface area contributed by atoms with Crippen molar-refractivity contribution in [1.82, 2.24) is 0 Å². The van der Waals surface area contributed by atoms with Crippen LogP contribution >= 0.6 is 43.2 Å². The molecule has 0 unspecified atom stereocenters. The third-order valence-corrected chi connectivity index (χ3v) is 16.9. The molecule has 8 rings (SSSR count). The van der Waals surface area contributed by atoms with Crippen LogP contribution in [0.2, 0.25) is 0 Å². The average molecular weight is 903 g/mol. The Kier molecular flexibility index (Phi) is 17.6. The Morgan fingerprint density at radius 3 is 1.57 bits per heavy atom. The number of hydrogen-bond donors (Lipinski definition) is 4. The quantitative estimate of drug-likeness (QED) is 0.0640. The number of carboxylic acid groups (broad SMARTS) is 1. The summed E-state index contributed by atoms with van der Waals surface area (Å²) in [5, 5.41) is 20.2. The minimum Gasteiger partial charge on any atom is -0.481 e. The average Bonchev–Trinajstić information content (AvgIpc) is 3.94.